The van der Waals surface area contributed by atoms with E-state index in [1.165, 1.54) is 4.90 Å². The van der Waals surface area contributed by atoms with Gasteiger partial charge in [-0.25, -0.2) is 9.78 Å². The van der Waals surface area contributed by atoms with Gasteiger partial charge in [0.15, 0.2) is 0 Å². The van der Waals surface area contributed by atoms with Gasteiger partial charge in [0.05, 0.1) is 43.5 Å². The minimum absolute atomic E-state index is 0.111. The molecule has 2 aromatic rings. The Bertz CT molecular complexity index is 1130. The summed E-state index contributed by atoms with van der Waals surface area (Å²) in [5.41, 5.74) is 2.68. The van der Waals surface area contributed by atoms with Crippen LogP contribution in [0.4, 0.5) is 4.79 Å². The Morgan fingerprint density at radius 2 is 2.03 bits per heavy atom. The Balaban J connectivity index is 1.51. The lowest BCUT2D eigenvalue weighted by atomic mass is 9.98. The summed E-state index contributed by atoms with van der Waals surface area (Å²) >= 11 is 0. The van der Waals surface area contributed by atoms with Crippen molar-refractivity contribution >= 4 is 18.1 Å². The van der Waals surface area contributed by atoms with Gasteiger partial charge in [-0.15, -0.1) is 0 Å². The van der Waals surface area contributed by atoms with Crippen molar-refractivity contribution in [3.05, 3.63) is 47.6 Å². The summed E-state index contributed by atoms with van der Waals surface area (Å²) < 4.78 is 12.9. The molecule has 0 unspecified atom stereocenters. The van der Waals surface area contributed by atoms with Crippen LogP contribution < -0.4 is 4.74 Å². The largest absolute Gasteiger partial charge is 0.495 e. The number of carbonyl (C=O) groups is 2. The number of aliphatic hydroxyl groups is 1. The van der Waals surface area contributed by atoms with Crippen molar-refractivity contribution in [2.75, 3.05) is 26.7 Å². The van der Waals surface area contributed by atoms with Crippen LogP contribution >= 0.6 is 0 Å². The smallest absolute Gasteiger partial charge is 0.410 e. The monoisotopic (exact) mass is 482 g/mol. The summed E-state index contributed by atoms with van der Waals surface area (Å²) in [4.78, 5) is 33.3. The van der Waals surface area contributed by atoms with E-state index in [9.17, 15) is 14.7 Å². The highest BCUT2D eigenvalue weighted by atomic mass is 16.6. The summed E-state index contributed by atoms with van der Waals surface area (Å²) in [5.74, 6) is 0.565. The summed E-state index contributed by atoms with van der Waals surface area (Å²) in [6, 6.07) is 5.33. The van der Waals surface area contributed by atoms with Crippen molar-refractivity contribution in [2.45, 2.75) is 58.3 Å². The van der Waals surface area contributed by atoms with E-state index in [1.807, 2.05) is 42.0 Å². The maximum atomic E-state index is 13.4. The number of ether oxygens (including phenoxy) is 2. The zero-order chi connectivity index (χ0) is 25.3. The van der Waals surface area contributed by atoms with Crippen LogP contribution in [0.25, 0.3) is 11.8 Å². The molecule has 2 aliphatic rings. The predicted molar refractivity (Wildman–Crippen MR) is 131 cm³/mol. The third kappa shape index (κ3) is 5.51. The van der Waals surface area contributed by atoms with Gasteiger partial charge in [-0.2, -0.15) is 0 Å². The van der Waals surface area contributed by atoms with Gasteiger partial charge in [-0.3, -0.25) is 4.79 Å². The Morgan fingerprint density at radius 3 is 2.69 bits per heavy atom. The molecule has 9 nitrogen and oxygen atoms in total. The molecule has 2 saturated heterocycles. The van der Waals surface area contributed by atoms with Crippen LogP contribution in [0.1, 0.15) is 44.9 Å². The molecule has 2 atom stereocenters. The number of likely N-dealkylation sites (tertiary alicyclic amines) is 2. The number of carbonyl (C=O) groups excluding carboxylic acids is 2. The number of hydrogen-bond donors (Lipinski definition) is 1. The maximum Gasteiger partial charge on any atom is 0.410 e. The van der Waals surface area contributed by atoms with Gasteiger partial charge in [0.1, 0.15) is 11.4 Å². The second-order valence-corrected chi connectivity index (χ2v) is 10.1. The molecule has 1 N–H and O–H groups in total. The number of amides is 2. The first-order valence-corrected chi connectivity index (χ1v) is 11.9. The van der Waals surface area contributed by atoms with Crippen LogP contribution in [0.15, 0.2) is 36.3 Å². The van der Waals surface area contributed by atoms with Gasteiger partial charge in [0.25, 0.3) is 0 Å². The van der Waals surface area contributed by atoms with E-state index in [0.717, 1.165) is 23.4 Å². The van der Waals surface area contributed by atoms with Crippen molar-refractivity contribution in [2.24, 2.45) is 0 Å². The second-order valence-electron chi connectivity index (χ2n) is 10.1. The standard InChI is InChI=1S/C26H34N4O5/c1-17-13-29(16-27-17)20-9-8-18(12-23(20)34-5)11-19-7-6-10-30(24(19)32)21-14-28(15-22(21)31)25(33)35-26(2,3)4/h8-9,11-13,16,21-22,31H,6-7,10,14-15H2,1-5H3/t21-,22+/m0/s1. The molecule has 0 spiro atoms. The molecule has 1 aromatic carbocycles. The van der Waals surface area contributed by atoms with Crippen molar-refractivity contribution in [1.29, 1.82) is 0 Å². The van der Waals surface area contributed by atoms with Crippen molar-refractivity contribution < 1.29 is 24.2 Å². The number of benzene rings is 1. The van der Waals surface area contributed by atoms with Crippen LogP contribution in [0.2, 0.25) is 0 Å². The number of methoxy groups -OCH3 is 1. The summed E-state index contributed by atoms with van der Waals surface area (Å²) in [7, 11) is 1.62. The molecule has 2 amide bonds. The Hall–Kier alpha value is -3.33. The van der Waals surface area contributed by atoms with E-state index >= 15 is 0 Å². The first-order valence-electron chi connectivity index (χ1n) is 11.9. The van der Waals surface area contributed by atoms with E-state index in [4.69, 9.17) is 9.47 Å². The number of aryl methyl sites for hydroxylation is 1. The zero-order valence-corrected chi connectivity index (χ0v) is 21.0. The summed E-state index contributed by atoms with van der Waals surface area (Å²) in [5, 5.41) is 10.7. The first-order chi connectivity index (χ1) is 16.6. The number of imidazole rings is 1. The Kier molecular flexibility index (Phi) is 6.89. The lowest BCUT2D eigenvalue weighted by Crippen LogP contribution is -2.49. The van der Waals surface area contributed by atoms with Gasteiger partial charge < -0.3 is 28.9 Å². The molecule has 4 rings (SSSR count). The van der Waals surface area contributed by atoms with Gasteiger partial charge in [0.2, 0.25) is 5.91 Å². The number of nitrogens with zero attached hydrogens (tertiary/aromatic N) is 4. The van der Waals surface area contributed by atoms with Gasteiger partial charge in [-0.1, -0.05) is 6.07 Å². The number of aliphatic hydroxyl groups excluding tert-OH is 1. The van der Waals surface area contributed by atoms with Gasteiger partial charge in [-0.05, 0) is 64.3 Å². The highest BCUT2D eigenvalue weighted by Gasteiger charge is 2.42. The average Bonchev–Trinajstić information content (AvgIpc) is 3.39. The van der Waals surface area contributed by atoms with E-state index < -0.39 is 23.8 Å². The van der Waals surface area contributed by atoms with E-state index in [2.05, 4.69) is 4.98 Å². The fraction of sp³-hybridized carbons (Fsp3) is 0.500. The summed E-state index contributed by atoms with van der Waals surface area (Å²) in [6.07, 6.45) is 5.69. The normalized spacial score (nSPS) is 22.1. The molecular formula is C26H34N4O5. The van der Waals surface area contributed by atoms with E-state index in [-0.39, 0.29) is 19.0 Å². The van der Waals surface area contributed by atoms with Crippen LogP contribution in [0.3, 0.4) is 0 Å². The molecule has 2 aliphatic heterocycles. The number of hydrogen-bond acceptors (Lipinski definition) is 6. The lowest BCUT2D eigenvalue weighted by molar-refractivity contribution is -0.132. The molecule has 0 aliphatic carbocycles. The molecule has 2 fully saturated rings. The Morgan fingerprint density at radius 1 is 1.26 bits per heavy atom. The van der Waals surface area contributed by atoms with Gasteiger partial charge >= 0.3 is 6.09 Å². The minimum Gasteiger partial charge on any atom is -0.495 e. The fourth-order valence-electron chi connectivity index (χ4n) is 4.59. The zero-order valence-electron chi connectivity index (χ0n) is 21.0. The molecule has 0 radical (unpaired) electrons. The average molecular weight is 483 g/mol. The summed E-state index contributed by atoms with van der Waals surface area (Å²) in [6.45, 7) is 8.28. The highest BCUT2D eigenvalue weighted by Crippen LogP contribution is 2.29. The number of aromatic nitrogens is 2. The van der Waals surface area contributed by atoms with Crippen molar-refractivity contribution in [3.63, 3.8) is 0 Å². The third-order valence-electron chi connectivity index (χ3n) is 6.23. The number of piperidine rings is 1. The van der Waals surface area contributed by atoms with Crippen molar-refractivity contribution in [1.82, 2.24) is 19.4 Å². The van der Waals surface area contributed by atoms with Gasteiger partial charge in [0, 0.05) is 24.9 Å². The van der Waals surface area contributed by atoms with Crippen LogP contribution in [-0.4, -0.2) is 80.9 Å². The van der Waals surface area contributed by atoms with E-state index in [0.29, 0.717) is 24.3 Å². The van der Waals surface area contributed by atoms with Crippen molar-refractivity contribution in [3.8, 4) is 11.4 Å². The number of rotatable bonds is 4. The molecule has 0 saturated carbocycles. The second kappa shape index (κ2) is 9.73. The van der Waals surface area contributed by atoms with Crippen LogP contribution in [0.5, 0.6) is 5.75 Å². The number of β-amino-alcohol motifs (C(OH)–C–C–N with tert-alkyl or cyclic N) is 1. The first kappa shape index (κ1) is 24.8. The molecule has 9 heteroatoms. The molecular weight excluding hydrogens is 448 g/mol. The topological polar surface area (TPSA) is 97.1 Å². The van der Waals surface area contributed by atoms with E-state index in [1.54, 1.807) is 39.1 Å². The molecule has 3 heterocycles. The van der Waals surface area contributed by atoms with Crippen LogP contribution in [0, 0.1) is 6.92 Å². The quantitative estimate of drug-likeness (QED) is 0.673. The third-order valence-corrected chi connectivity index (χ3v) is 6.23. The fourth-order valence-corrected chi connectivity index (χ4v) is 4.59. The highest BCUT2D eigenvalue weighted by molar-refractivity contribution is 5.99. The maximum absolute atomic E-state index is 13.4. The SMILES string of the molecule is COc1cc(C=C2CCCN([C@H]3CN(C(=O)OC(C)(C)C)C[C@H]3O)C2=O)ccc1-n1cnc(C)c1. The molecule has 35 heavy (non-hydrogen) atoms. The molecule has 0 bridgehead atoms. The Labute approximate surface area is 205 Å². The minimum atomic E-state index is -0.816. The molecule has 1 aromatic heterocycles. The lowest BCUT2D eigenvalue weighted by Gasteiger charge is -2.35. The molecule has 188 valence electrons. The van der Waals surface area contributed by atoms with Crippen LogP contribution in [-0.2, 0) is 9.53 Å². The predicted octanol–water partition coefficient (Wildman–Crippen LogP) is 3.18.